The molecular weight excluding hydrogens is 238 g/mol. The summed E-state index contributed by atoms with van der Waals surface area (Å²) >= 11 is 0. The number of piperazine rings is 1. The average Bonchev–Trinajstić information content (AvgIpc) is 2.49. The first-order valence-corrected chi connectivity index (χ1v) is 7.15. The second kappa shape index (κ2) is 8.15. The van der Waals surface area contributed by atoms with Crippen LogP contribution in [0.1, 0.15) is 12.0 Å². The van der Waals surface area contributed by atoms with E-state index in [0.29, 0.717) is 0 Å². The van der Waals surface area contributed by atoms with Crippen LogP contribution in [0, 0.1) is 0 Å². The van der Waals surface area contributed by atoms with E-state index < -0.39 is 0 Å². The molecule has 1 fully saturated rings. The van der Waals surface area contributed by atoms with Crippen molar-refractivity contribution in [2.24, 2.45) is 0 Å². The highest BCUT2D eigenvalue weighted by Crippen LogP contribution is 2.10. The first-order valence-electron chi connectivity index (χ1n) is 7.15. The van der Waals surface area contributed by atoms with Crippen LogP contribution >= 0.6 is 0 Å². The van der Waals surface area contributed by atoms with E-state index in [1.54, 1.807) is 7.11 Å². The molecule has 0 bridgehead atoms. The predicted molar refractivity (Wildman–Crippen MR) is 78.6 cm³/mol. The number of methoxy groups -OCH3 is 1. The molecule has 2 N–H and O–H groups in total. The Hall–Kier alpha value is -1.10. The molecule has 0 unspecified atom stereocenters. The van der Waals surface area contributed by atoms with Crippen LogP contribution in [0.5, 0.6) is 5.75 Å². The molecule has 106 valence electrons. The number of hydrogen-bond acceptors (Lipinski definition) is 4. The molecule has 0 spiro atoms. The molecule has 0 amide bonds. The summed E-state index contributed by atoms with van der Waals surface area (Å²) in [5, 5.41) is 6.88. The SMILES string of the molecule is COc1ccc(CNCCCN2CCNCC2)cc1. The van der Waals surface area contributed by atoms with Crippen molar-refractivity contribution in [1.29, 1.82) is 0 Å². The summed E-state index contributed by atoms with van der Waals surface area (Å²) in [6, 6.07) is 8.25. The van der Waals surface area contributed by atoms with Gasteiger partial charge in [-0.25, -0.2) is 0 Å². The zero-order valence-electron chi connectivity index (χ0n) is 11.8. The van der Waals surface area contributed by atoms with Gasteiger partial charge in [0, 0.05) is 32.7 Å². The summed E-state index contributed by atoms with van der Waals surface area (Å²) in [5.74, 6) is 0.919. The summed E-state index contributed by atoms with van der Waals surface area (Å²) < 4.78 is 5.15. The van der Waals surface area contributed by atoms with E-state index in [9.17, 15) is 0 Å². The van der Waals surface area contributed by atoms with E-state index in [2.05, 4.69) is 27.7 Å². The van der Waals surface area contributed by atoms with Gasteiger partial charge < -0.3 is 20.3 Å². The quantitative estimate of drug-likeness (QED) is 0.722. The molecule has 0 atom stereocenters. The molecule has 0 aromatic heterocycles. The lowest BCUT2D eigenvalue weighted by Gasteiger charge is -2.27. The third-order valence-corrected chi connectivity index (χ3v) is 3.53. The second-order valence-electron chi connectivity index (χ2n) is 4.97. The topological polar surface area (TPSA) is 36.5 Å². The molecule has 0 radical (unpaired) electrons. The van der Waals surface area contributed by atoms with E-state index in [1.807, 2.05) is 12.1 Å². The molecule has 1 aliphatic rings. The van der Waals surface area contributed by atoms with Crippen molar-refractivity contribution >= 4 is 0 Å². The Morgan fingerprint density at radius 1 is 1.21 bits per heavy atom. The lowest BCUT2D eigenvalue weighted by molar-refractivity contribution is 0.237. The average molecular weight is 263 g/mol. The van der Waals surface area contributed by atoms with Crippen LogP contribution in [0.15, 0.2) is 24.3 Å². The normalized spacial score (nSPS) is 16.5. The Kier molecular flexibility index (Phi) is 6.14. The van der Waals surface area contributed by atoms with Gasteiger partial charge in [-0.3, -0.25) is 0 Å². The van der Waals surface area contributed by atoms with E-state index in [4.69, 9.17) is 4.74 Å². The van der Waals surface area contributed by atoms with Gasteiger partial charge in [0.2, 0.25) is 0 Å². The van der Waals surface area contributed by atoms with E-state index >= 15 is 0 Å². The molecular formula is C15H25N3O. The Morgan fingerprint density at radius 3 is 2.63 bits per heavy atom. The third-order valence-electron chi connectivity index (χ3n) is 3.53. The number of nitrogens with one attached hydrogen (secondary N) is 2. The van der Waals surface area contributed by atoms with E-state index in [0.717, 1.165) is 31.9 Å². The fourth-order valence-corrected chi connectivity index (χ4v) is 2.34. The molecule has 1 aromatic carbocycles. The maximum Gasteiger partial charge on any atom is 0.118 e. The third kappa shape index (κ3) is 5.19. The van der Waals surface area contributed by atoms with Gasteiger partial charge >= 0.3 is 0 Å². The summed E-state index contributed by atoms with van der Waals surface area (Å²) in [6.45, 7) is 7.88. The van der Waals surface area contributed by atoms with Crippen molar-refractivity contribution in [3.63, 3.8) is 0 Å². The lowest BCUT2D eigenvalue weighted by Crippen LogP contribution is -2.44. The van der Waals surface area contributed by atoms with Gasteiger partial charge in [-0.1, -0.05) is 12.1 Å². The second-order valence-corrected chi connectivity index (χ2v) is 4.97. The Bertz CT molecular complexity index is 347. The number of hydrogen-bond donors (Lipinski definition) is 2. The van der Waals surface area contributed by atoms with Gasteiger partial charge in [-0.05, 0) is 37.2 Å². The minimum atomic E-state index is 0.919. The van der Waals surface area contributed by atoms with Gasteiger partial charge in [0.25, 0.3) is 0 Å². The zero-order valence-corrected chi connectivity index (χ0v) is 11.8. The molecule has 1 saturated heterocycles. The molecule has 19 heavy (non-hydrogen) atoms. The summed E-state index contributed by atoms with van der Waals surface area (Å²) in [6.07, 6.45) is 1.22. The van der Waals surface area contributed by atoms with Gasteiger partial charge in [0.1, 0.15) is 5.75 Å². The fraction of sp³-hybridized carbons (Fsp3) is 0.600. The molecule has 1 aromatic rings. The number of ether oxygens (including phenoxy) is 1. The molecule has 0 aliphatic carbocycles. The summed E-state index contributed by atoms with van der Waals surface area (Å²) in [5.41, 5.74) is 1.31. The minimum Gasteiger partial charge on any atom is -0.497 e. The maximum atomic E-state index is 5.15. The van der Waals surface area contributed by atoms with Crippen LogP contribution in [0.3, 0.4) is 0 Å². The van der Waals surface area contributed by atoms with Crippen LogP contribution in [0.4, 0.5) is 0 Å². The first kappa shape index (κ1) is 14.3. The van der Waals surface area contributed by atoms with Crippen LogP contribution in [0.2, 0.25) is 0 Å². The highest BCUT2D eigenvalue weighted by molar-refractivity contribution is 5.26. The van der Waals surface area contributed by atoms with Crippen molar-refractivity contribution in [2.45, 2.75) is 13.0 Å². The maximum absolute atomic E-state index is 5.15. The minimum absolute atomic E-state index is 0.919. The van der Waals surface area contributed by atoms with Crippen LogP contribution in [0.25, 0.3) is 0 Å². The van der Waals surface area contributed by atoms with Crippen LogP contribution in [-0.2, 0) is 6.54 Å². The molecule has 1 heterocycles. The van der Waals surface area contributed by atoms with Gasteiger partial charge in [-0.15, -0.1) is 0 Å². The molecule has 1 aliphatic heterocycles. The lowest BCUT2D eigenvalue weighted by atomic mass is 10.2. The van der Waals surface area contributed by atoms with Crippen LogP contribution in [-0.4, -0.2) is 51.3 Å². The van der Waals surface area contributed by atoms with Crippen molar-refractivity contribution < 1.29 is 4.74 Å². The predicted octanol–water partition coefficient (Wildman–Crippen LogP) is 1.08. The summed E-state index contributed by atoms with van der Waals surface area (Å²) in [4.78, 5) is 2.53. The number of nitrogens with zero attached hydrogens (tertiary/aromatic N) is 1. The fourth-order valence-electron chi connectivity index (χ4n) is 2.34. The largest absolute Gasteiger partial charge is 0.497 e. The first-order chi connectivity index (χ1) is 9.38. The highest BCUT2D eigenvalue weighted by Gasteiger charge is 2.07. The van der Waals surface area contributed by atoms with Gasteiger partial charge in [0.15, 0.2) is 0 Å². The van der Waals surface area contributed by atoms with Gasteiger partial charge in [0.05, 0.1) is 7.11 Å². The Balaban J connectivity index is 1.55. The summed E-state index contributed by atoms with van der Waals surface area (Å²) in [7, 11) is 1.70. The van der Waals surface area contributed by atoms with Crippen molar-refractivity contribution in [3.8, 4) is 5.75 Å². The van der Waals surface area contributed by atoms with Gasteiger partial charge in [-0.2, -0.15) is 0 Å². The molecule has 4 nitrogen and oxygen atoms in total. The molecule has 4 heteroatoms. The standard InChI is InChI=1S/C15H25N3O/c1-19-15-5-3-14(4-6-15)13-17-7-2-10-18-11-8-16-9-12-18/h3-6,16-17H,2,7-13H2,1H3. The highest BCUT2D eigenvalue weighted by atomic mass is 16.5. The van der Waals surface area contributed by atoms with Crippen molar-refractivity contribution in [3.05, 3.63) is 29.8 Å². The van der Waals surface area contributed by atoms with E-state index in [-0.39, 0.29) is 0 Å². The van der Waals surface area contributed by atoms with Crippen molar-refractivity contribution in [1.82, 2.24) is 15.5 Å². The van der Waals surface area contributed by atoms with E-state index in [1.165, 1.54) is 31.6 Å². The Labute approximate surface area is 116 Å². The van der Waals surface area contributed by atoms with Crippen molar-refractivity contribution in [2.75, 3.05) is 46.4 Å². The monoisotopic (exact) mass is 263 g/mol. The Morgan fingerprint density at radius 2 is 1.95 bits per heavy atom. The molecule has 2 rings (SSSR count). The number of benzene rings is 1. The van der Waals surface area contributed by atoms with Crippen LogP contribution < -0.4 is 15.4 Å². The number of rotatable bonds is 7. The zero-order chi connectivity index (χ0) is 13.3. The molecule has 0 saturated carbocycles. The smallest absolute Gasteiger partial charge is 0.118 e.